The molecule has 0 radical (unpaired) electrons. The van der Waals surface area contributed by atoms with Gasteiger partial charge < -0.3 is 9.80 Å². The Balaban J connectivity index is 1.25. The van der Waals surface area contributed by atoms with Crippen LogP contribution in [0.15, 0.2) is 83.9 Å². The maximum atomic E-state index is 13.1. The van der Waals surface area contributed by atoms with Crippen molar-refractivity contribution in [2.45, 2.75) is 10.6 Å². The highest BCUT2D eigenvalue weighted by Crippen LogP contribution is 2.28. The second kappa shape index (κ2) is 10.1. The number of hydrogen-bond donors (Lipinski definition) is 0. The van der Waals surface area contributed by atoms with Crippen LogP contribution in [-0.4, -0.2) is 50.4 Å². The molecule has 9 heteroatoms. The average molecular weight is 540 g/mol. The molecule has 1 fully saturated rings. The van der Waals surface area contributed by atoms with Crippen LogP contribution in [0.4, 0.5) is 5.69 Å². The summed E-state index contributed by atoms with van der Waals surface area (Å²) < 4.78 is 26.3. The third kappa shape index (κ3) is 5.05. The summed E-state index contributed by atoms with van der Waals surface area (Å²) in [5.41, 5.74) is 2.59. The number of anilines is 1. The van der Waals surface area contributed by atoms with Gasteiger partial charge in [0, 0.05) is 49.0 Å². The molecule has 0 atom stereocenters. The van der Waals surface area contributed by atoms with E-state index >= 15 is 0 Å². The van der Waals surface area contributed by atoms with E-state index in [1.165, 1.54) is 0 Å². The number of carbonyl (C=O) groups excluding carboxylic acids is 1. The fraction of sp³-hybridized carbons (Fsp3) is 0.185. The Morgan fingerprint density at radius 2 is 1.58 bits per heavy atom. The van der Waals surface area contributed by atoms with E-state index < -0.39 is 9.84 Å². The van der Waals surface area contributed by atoms with Crippen LogP contribution in [0.25, 0.3) is 10.9 Å². The van der Waals surface area contributed by atoms with E-state index in [0.717, 1.165) is 11.1 Å². The van der Waals surface area contributed by atoms with E-state index in [1.54, 1.807) is 54.7 Å². The number of halogens is 2. The van der Waals surface area contributed by atoms with Gasteiger partial charge in [0.1, 0.15) is 0 Å². The number of amides is 1. The molecule has 184 valence electrons. The fourth-order valence-corrected chi connectivity index (χ4v) is 6.23. The van der Waals surface area contributed by atoms with Gasteiger partial charge in [0.05, 0.1) is 26.2 Å². The topological polar surface area (TPSA) is 70.6 Å². The quantitative estimate of drug-likeness (QED) is 0.336. The molecule has 1 amide bonds. The van der Waals surface area contributed by atoms with Crippen molar-refractivity contribution in [1.29, 1.82) is 0 Å². The Hall–Kier alpha value is -3.13. The van der Waals surface area contributed by atoms with E-state index in [2.05, 4.69) is 9.88 Å². The number of piperazine rings is 1. The Morgan fingerprint density at radius 3 is 2.31 bits per heavy atom. The molecular formula is C27H23Cl2N3O3S. The molecule has 5 rings (SSSR count). The molecule has 4 aromatic rings. The molecule has 0 N–H and O–H groups in total. The maximum Gasteiger partial charge on any atom is 0.253 e. The number of fused-ring (bicyclic) bond motifs is 1. The van der Waals surface area contributed by atoms with E-state index in [-0.39, 0.29) is 16.6 Å². The Kier molecular flexibility index (Phi) is 6.88. The van der Waals surface area contributed by atoms with Crippen LogP contribution in [0.1, 0.15) is 15.9 Å². The van der Waals surface area contributed by atoms with Crippen molar-refractivity contribution >= 4 is 55.5 Å². The third-order valence-corrected chi connectivity index (χ3v) is 8.78. The summed E-state index contributed by atoms with van der Waals surface area (Å²) in [6.07, 6.45) is 1.59. The Morgan fingerprint density at radius 1 is 0.861 bits per heavy atom. The first kappa shape index (κ1) is 24.6. The van der Waals surface area contributed by atoms with Crippen LogP contribution in [0.3, 0.4) is 0 Å². The lowest BCUT2D eigenvalue weighted by atomic mass is 10.1. The molecule has 0 aliphatic carbocycles. The minimum Gasteiger partial charge on any atom is -0.368 e. The lowest BCUT2D eigenvalue weighted by Crippen LogP contribution is -2.48. The number of carbonyl (C=O) groups is 1. The number of nitrogens with zero attached hydrogens (tertiary/aromatic N) is 3. The predicted octanol–water partition coefficient (Wildman–Crippen LogP) is 5.48. The van der Waals surface area contributed by atoms with Crippen molar-refractivity contribution in [3.63, 3.8) is 0 Å². The van der Waals surface area contributed by atoms with E-state index in [4.69, 9.17) is 23.2 Å². The van der Waals surface area contributed by atoms with Crippen LogP contribution < -0.4 is 4.90 Å². The summed E-state index contributed by atoms with van der Waals surface area (Å²) in [5.74, 6) is -0.240. The number of rotatable bonds is 5. The SMILES string of the molecule is O=C(c1ccc(CS(=O)(=O)c2cccc3cccnc23)cc1)N1CCN(c2ccc(Cl)c(Cl)c2)CC1. The van der Waals surface area contributed by atoms with E-state index in [1.807, 2.05) is 29.2 Å². The number of para-hydroxylation sites is 1. The molecule has 0 saturated carbocycles. The number of sulfone groups is 1. The minimum absolute atomic E-state index is 0.0727. The minimum atomic E-state index is -3.61. The fourth-order valence-electron chi connectivity index (χ4n) is 4.40. The number of aromatic nitrogens is 1. The van der Waals surface area contributed by atoms with Crippen LogP contribution in [-0.2, 0) is 15.6 Å². The molecule has 0 unspecified atom stereocenters. The summed E-state index contributed by atoms with van der Waals surface area (Å²) in [7, 11) is -3.61. The van der Waals surface area contributed by atoms with Crippen molar-refractivity contribution in [3.8, 4) is 0 Å². The molecule has 0 spiro atoms. The second-order valence-electron chi connectivity index (χ2n) is 8.66. The summed E-state index contributed by atoms with van der Waals surface area (Å²) in [6.45, 7) is 2.50. The Labute approximate surface area is 220 Å². The largest absolute Gasteiger partial charge is 0.368 e. The number of pyridine rings is 1. The van der Waals surface area contributed by atoms with Gasteiger partial charge in [-0.15, -0.1) is 0 Å². The zero-order chi connectivity index (χ0) is 25.3. The summed E-state index contributed by atoms with van der Waals surface area (Å²) in [6, 6.07) is 21.1. The van der Waals surface area contributed by atoms with Gasteiger partial charge in [0.25, 0.3) is 5.91 Å². The highest BCUT2D eigenvalue weighted by molar-refractivity contribution is 7.90. The van der Waals surface area contributed by atoms with Crippen molar-refractivity contribution in [1.82, 2.24) is 9.88 Å². The van der Waals surface area contributed by atoms with Gasteiger partial charge in [0.15, 0.2) is 9.84 Å². The molecule has 36 heavy (non-hydrogen) atoms. The van der Waals surface area contributed by atoms with Crippen LogP contribution >= 0.6 is 23.2 Å². The molecular weight excluding hydrogens is 517 g/mol. The number of benzene rings is 3. The molecule has 6 nitrogen and oxygen atoms in total. The van der Waals surface area contributed by atoms with Gasteiger partial charge in [-0.1, -0.05) is 53.5 Å². The third-order valence-electron chi connectivity index (χ3n) is 6.32. The van der Waals surface area contributed by atoms with Crippen molar-refractivity contribution < 1.29 is 13.2 Å². The first-order valence-electron chi connectivity index (χ1n) is 11.5. The summed E-state index contributed by atoms with van der Waals surface area (Å²) in [4.78, 5) is 21.5. The first-order chi connectivity index (χ1) is 17.3. The molecule has 0 bridgehead atoms. The lowest BCUT2D eigenvalue weighted by Gasteiger charge is -2.36. The van der Waals surface area contributed by atoms with Gasteiger partial charge in [-0.2, -0.15) is 0 Å². The molecule has 1 aliphatic heterocycles. The second-order valence-corrected chi connectivity index (χ2v) is 11.4. The zero-order valence-electron chi connectivity index (χ0n) is 19.3. The van der Waals surface area contributed by atoms with Gasteiger partial charge in [-0.05, 0) is 48.0 Å². The van der Waals surface area contributed by atoms with Gasteiger partial charge in [-0.25, -0.2) is 8.42 Å². The highest BCUT2D eigenvalue weighted by Gasteiger charge is 2.23. The molecule has 1 aromatic heterocycles. The summed E-state index contributed by atoms with van der Waals surface area (Å²) in [5, 5.41) is 1.80. The maximum absolute atomic E-state index is 13.1. The molecule has 3 aromatic carbocycles. The zero-order valence-corrected chi connectivity index (χ0v) is 21.6. The van der Waals surface area contributed by atoms with Crippen LogP contribution in [0.5, 0.6) is 0 Å². The van der Waals surface area contributed by atoms with Crippen LogP contribution in [0.2, 0.25) is 10.0 Å². The van der Waals surface area contributed by atoms with E-state index in [0.29, 0.717) is 52.9 Å². The standard InChI is InChI=1S/C27H23Cl2N3O3S/c28-23-11-10-22(17-24(23)29)31-13-15-32(16-14-31)27(33)21-8-6-19(7-9-21)18-36(34,35)25-5-1-3-20-4-2-12-30-26(20)25/h1-12,17H,13-16,18H2. The van der Waals surface area contributed by atoms with Crippen molar-refractivity contribution in [2.75, 3.05) is 31.1 Å². The average Bonchev–Trinajstić information content (AvgIpc) is 2.90. The monoisotopic (exact) mass is 539 g/mol. The molecule has 1 aliphatic rings. The smallest absolute Gasteiger partial charge is 0.253 e. The number of hydrogen-bond acceptors (Lipinski definition) is 5. The molecule has 1 saturated heterocycles. The predicted molar refractivity (Wildman–Crippen MR) is 144 cm³/mol. The van der Waals surface area contributed by atoms with Gasteiger partial charge in [-0.3, -0.25) is 9.78 Å². The summed E-state index contributed by atoms with van der Waals surface area (Å²) >= 11 is 12.2. The van der Waals surface area contributed by atoms with Gasteiger partial charge in [0.2, 0.25) is 0 Å². The molecule has 2 heterocycles. The lowest BCUT2D eigenvalue weighted by molar-refractivity contribution is 0.0747. The van der Waals surface area contributed by atoms with E-state index in [9.17, 15) is 13.2 Å². The van der Waals surface area contributed by atoms with Gasteiger partial charge >= 0.3 is 0 Å². The van der Waals surface area contributed by atoms with Crippen molar-refractivity contribution in [3.05, 3.63) is 100 Å². The van der Waals surface area contributed by atoms with Crippen LogP contribution in [0, 0.1) is 0 Å². The highest BCUT2D eigenvalue weighted by atomic mass is 35.5. The normalized spacial score (nSPS) is 14.3. The Bertz CT molecular complexity index is 1530. The van der Waals surface area contributed by atoms with Crippen molar-refractivity contribution in [2.24, 2.45) is 0 Å². The first-order valence-corrected chi connectivity index (χ1v) is 13.9.